The highest BCUT2D eigenvalue weighted by molar-refractivity contribution is 6.06. The molecule has 3 rings (SSSR count). The van der Waals surface area contributed by atoms with Gasteiger partial charge in [0.05, 0.1) is 12.0 Å². The van der Waals surface area contributed by atoms with Crippen LogP contribution in [0.1, 0.15) is 45.4 Å². The van der Waals surface area contributed by atoms with Crippen LogP contribution >= 0.6 is 0 Å². The molecule has 0 bridgehead atoms. The van der Waals surface area contributed by atoms with Crippen LogP contribution in [-0.4, -0.2) is 36.7 Å². The van der Waals surface area contributed by atoms with Gasteiger partial charge in [-0.2, -0.15) is 0 Å². The molecule has 0 amide bonds. The molecule has 0 aromatic carbocycles. The van der Waals surface area contributed by atoms with Crippen LogP contribution in [0.4, 0.5) is 0 Å². The lowest BCUT2D eigenvalue weighted by Crippen LogP contribution is -2.66. The Hall–Kier alpha value is -0.740. The number of hydrogen-bond donors (Lipinski definition) is 2. The molecule has 3 fully saturated rings. The van der Waals surface area contributed by atoms with Crippen LogP contribution in [-0.2, 0) is 9.59 Å². The minimum atomic E-state index is -0.396. The monoisotopic (exact) mass is 278 g/mol. The van der Waals surface area contributed by atoms with Crippen molar-refractivity contribution in [3.05, 3.63) is 0 Å². The molecule has 1 aliphatic carbocycles. The van der Waals surface area contributed by atoms with Crippen LogP contribution < -0.4 is 10.6 Å². The smallest absolute Gasteiger partial charge is 0.162 e. The van der Waals surface area contributed by atoms with E-state index in [1.165, 1.54) is 12.8 Å². The lowest BCUT2D eigenvalue weighted by molar-refractivity contribution is -0.143. The molecule has 2 saturated heterocycles. The van der Waals surface area contributed by atoms with E-state index >= 15 is 0 Å². The Bertz CT molecular complexity index is 396. The van der Waals surface area contributed by atoms with Gasteiger partial charge in [-0.05, 0) is 57.0 Å². The maximum Gasteiger partial charge on any atom is 0.162 e. The number of ketones is 2. The number of hydrogen-bond acceptors (Lipinski definition) is 4. The van der Waals surface area contributed by atoms with Crippen LogP contribution in [0.2, 0.25) is 0 Å². The van der Waals surface area contributed by atoms with Gasteiger partial charge in [0.15, 0.2) is 5.78 Å². The first-order valence-corrected chi connectivity index (χ1v) is 8.27. The molecule has 2 aliphatic heterocycles. The summed E-state index contributed by atoms with van der Waals surface area (Å²) in [4.78, 5) is 25.3. The normalized spacial score (nSPS) is 40.9. The van der Waals surface area contributed by atoms with Crippen molar-refractivity contribution in [2.75, 3.05) is 13.1 Å². The number of rotatable bonds is 3. The Morgan fingerprint density at radius 1 is 1.15 bits per heavy atom. The first-order chi connectivity index (χ1) is 9.74. The van der Waals surface area contributed by atoms with Gasteiger partial charge in [0.25, 0.3) is 0 Å². The minimum absolute atomic E-state index is 0.0595. The summed E-state index contributed by atoms with van der Waals surface area (Å²) in [7, 11) is 0. The van der Waals surface area contributed by atoms with Crippen molar-refractivity contribution >= 4 is 11.6 Å². The summed E-state index contributed by atoms with van der Waals surface area (Å²) in [6, 6.07) is 0.0483. The zero-order chi connectivity index (χ0) is 14.1. The molecule has 2 N–H and O–H groups in total. The SMILES string of the molecule is CCCC(=O)C1C(=O)C2NCCCC2C2CCCNC12. The van der Waals surface area contributed by atoms with Crippen LogP contribution in [0.5, 0.6) is 0 Å². The molecule has 4 nitrogen and oxygen atoms in total. The zero-order valence-corrected chi connectivity index (χ0v) is 12.4. The third-order valence-corrected chi connectivity index (χ3v) is 5.43. The molecule has 3 aliphatic rings. The second-order valence-corrected chi connectivity index (χ2v) is 6.62. The fourth-order valence-electron chi connectivity index (χ4n) is 4.60. The summed E-state index contributed by atoms with van der Waals surface area (Å²) in [5.41, 5.74) is 0. The van der Waals surface area contributed by atoms with Gasteiger partial charge in [-0.25, -0.2) is 0 Å². The number of carbonyl (C=O) groups is 2. The number of piperidine rings is 2. The highest BCUT2D eigenvalue weighted by Gasteiger charge is 2.52. The largest absolute Gasteiger partial charge is 0.313 e. The molecule has 5 unspecified atom stereocenters. The van der Waals surface area contributed by atoms with Crippen LogP contribution in [0.3, 0.4) is 0 Å². The molecular formula is C16H26N2O2. The quantitative estimate of drug-likeness (QED) is 0.764. The van der Waals surface area contributed by atoms with E-state index in [1.54, 1.807) is 0 Å². The van der Waals surface area contributed by atoms with E-state index in [0.717, 1.165) is 32.4 Å². The average molecular weight is 278 g/mol. The van der Waals surface area contributed by atoms with E-state index in [-0.39, 0.29) is 23.7 Å². The maximum atomic E-state index is 12.8. The summed E-state index contributed by atoms with van der Waals surface area (Å²) < 4.78 is 0. The van der Waals surface area contributed by atoms with Gasteiger partial charge in [-0.3, -0.25) is 9.59 Å². The van der Waals surface area contributed by atoms with E-state index in [0.29, 0.717) is 18.3 Å². The van der Waals surface area contributed by atoms with Crippen molar-refractivity contribution in [1.82, 2.24) is 10.6 Å². The average Bonchev–Trinajstić information content (AvgIpc) is 2.48. The number of carbonyl (C=O) groups excluding carboxylic acids is 2. The van der Waals surface area contributed by atoms with E-state index in [4.69, 9.17) is 0 Å². The molecule has 0 aromatic heterocycles. The van der Waals surface area contributed by atoms with E-state index in [2.05, 4.69) is 10.6 Å². The molecule has 5 atom stereocenters. The third-order valence-electron chi connectivity index (χ3n) is 5.43. The third kappa shape index (κ3) is 2.33. The van der Waals surface area contributed by atoms with Crippen molar-refractivity contribution in [3.63, 3.8) is 0 Å². The fraction of sp³-hybridized carbons (Fsp3) is 0.875. The number of nitrogens with one attached hydrogen (secondary N) is 2. The zero-order valence-electron chi connectivity index (χ0n) is 12.4. The molecule has 0 spiro atoms. The Morgan fingerprint density at radius 3 is 2.60 bits per heavy atom. The van der Waals surface area contributed by atoms with Crippen molar-refractivity contribution in [2.45, 2.75) is 57.5 Å². The molecule has 4 heteroatoms. The Morgan fingerprint density at radius 2 is 1.85 bits per heavy atom. The predicted molar refractivity (Wildman–Crippen MR) is 77.4 cm³/mol. The molecule has 2 heterocycles. The lowest BCUT2D eigenvalue weighted by Gasteiger charge is -2.50. The molecular weight excluding hydrogens is 252 g/mol. The van der Waals surface area contributed by atoms with Crippen molar-refractivity contribution in [3.8, 4) is 0 Å². The lowest BCUT2D eigenvalue weighted by atomic mass is 9.61. The van der Waals surface area contributed by atoms with Gasteiger partial charge in [0, 0.05) is 12.5 Å². The van der Waals surface area contributed by atoms with E-state index in [9.17, 15) is 9.59 Å². The highest BCUT2D eigenvalue weighted by atomic mass is 16.2. The first-order valence-electron chi connectivity index (χ1n) is 8.27. The van der Waals surface area contributed by atoms with Gasteiger partial charge < -0.3 is 10.6 Å². The van der Waals surface area contributed by atoms with Crippen LogP contribution in [0, 0.1) is 17.8 Å². The second-order valence-electron chi connectivity index (χ2n) is 6.62. The summed E-state index contributed by atoms with van der Waals surface area (Å²) in [5, 5.41) is 6.91. The van der Waals surface area contributed by atoms with E-state index in [1.807, 2.05) is 6.92 Å². The van der Waals surface area contributed by atoms with Crippen LogP contribution in [0.15, 0.2) is 0 Å². The summed E-state index contributed by atoms with van der Waals surface area (Å²) >= 11 is 0. The summed E-state index contributed by atoms with van der Waals surface area (Å²) in [6.07, 6.45) is 6.02. The van der Waals surface area contributed by atoms with Crippen molar-refractivity contribution in [2.24, 2.45) is 17.8 Å². The highest BCUT2D eigenvalue weighted by Crippen LogP contribution is 2.41. The van der Waals surface area contributed by atoms with Gasteiger partial charge in [-0.15, -0.1) is 0 Å². The first kappa shape index (κ1) is 14.2. The molecule has 0 radical (unpaired) electrons. The molecule has 112 valence electrons. The Kier molecular flexibility index (Phi) is 4.22. The van der Waals surface area contributed by atoms with Crippen molar-refractivity contribution < 1.29 is 9.59 Å². The fourth-order valence-corrected chi connectivity index (χ4v) is 4.60. The van der Waals surface area contributed by atoms with Gasteiger partial charge in [0.2, 0.25) is 0 Å². The topological polar surface area (TPSA) is 58.2 Å². The van der Waals surface area contributed by atoms with Crippen molar-refractivity contribution in [1.29, 1.82) is 0 Å². The van der Waals surface area contributed by atoms with E-state index < -0.39 is 5.92 Å². The Labute approximate surface area is 121 Å². The number of Topliss-reactive ketones (excluding diaryl/α,β-unsaturated/α-hetero) is 2. The van der Waals surface area contributed by atoms with Gasteiger partial charge in [0.1, 0.15) is 5.78 Å². The molecule has 1 saturated carbocycles. The molecule has 0 aromatic rings. The predicted octanol–water partition coefficient (Wildman–Crippen LogP) is 1.29. The van der Waals surface area contributed by atoms with Crippen LogP contribution in [0.25, 0.3) is 0 Å². The summed E-state index contributed by atoms with van der Waals surface area (Å²) in [6.45, 7) is 3.89. The van der Waals surface area contributed by atoms with Gasteiger partial charge in [-0.1, -0.05) is 6.92 Å². The second kappa shape index (κ2) is 5.94. The Balaban J connectivity index is 1.88. The van der Waals surface area contributed by atoms with Gasteiger partial charge >= 0.3 is 0 Å². The summed E-state index contributed by atoms with van der Waals surface area (Å²) in [5.74, 6) is 0.883. The molecule has 20 heavy (non-hydrogen) atoms. The maximum absolute atomic E-state index is 12.8. The standard InChI is InChI=1S/C16H26N2O2/c1-2-5-12(19)13-14-10(6-3-8-17-14)11-7-4-9-18-15(11)16(13)20/h10-11,13-15,17-18H,2-9H2,1H3. The number of fused-ring (bicyclic) bond motifs is 3. The minimum Gasteiger partial charge on any atom is -0.313 e.